The molecular formula is C28H33N5O2S2. The second kappa shape index (κ2) is 12.0. The molecule has 0 atom stereocenters. The number of pyridine rings is 1. The molecule has 1 aromatic carbocycles. The number of nitrogens with zero attached hydrogens (tertiary/aromatic N) is 4. The van der Waals surface area contributed by atoms with Crippen molar-refractivity contribution in [2.75, 3.05) is 24.2 Å². The van der Waals surface area contributed by atoms with Crippen LogP contribution in [0, 0.1) is 6.92 Å². The van der Waals surface area contributed by atoms with Crippen LogP contribution in [0.15, 0.2) is 47.9 Å². The Kier molecular flexibility index (Phi) is 8.76. The molecule has 0 unspecified atom stereocenters. The van der Waals surface area contributed by atoms with Crippen LogP contribution in [-0.2, 0) is 10.2 Å². The molecule has 1 aliphatic rings. The van der Waals surface area contributed by atoms with E-state index in [1.54, 1.807) is 0 Å². The maximum atomic E-state index is 13.2. The molecule has 1 fully saturated rings. The molecule has 3 heterocycles. The molecule has 37 heavy (non-hydrogen) atoms. The first-order chi connectivity index (χ1) is 17.7. The average molecular weight is 536 g/mol. The van der Waals surface area contributed by atoms with Crippen LogP contribution < -0.4 is 5.32 Å². The third kappa shape index (κ3) is 7.26. The molecule has 194 valence electrons. The number of benzene rings is 1. The van der Waals surface area contributed by atoms with Gasteiger partial charge in [0.05, 0.1) is 17.0 Å². The maximum absolute atomic E-state index is 13.2. The normalized spacial score (nSPS) is 14.8. The summed E-state index contributed by atoms with van der Waals surface area (Å²) in [4.78, 5) is 32.6. The van der Waals surface area contributed by atoms with Gasteiger partial charge in [-0.15, -0.1) is 22.0 Å². The number of nitrogens with one attached hydrogen (secondary N) is 1. The highest BCUT2D eigenvalue weighted by atomic mass is 32.2. The Morgan fingerprint density at radius 1 is 1.11 bits per heavy atom. The van der Waals surface area contributed by atoms with Crippen molar-refractivity contribution in [3.8, 4) is 0 Å². The van der Waals surface area contributed by atoms with Crippen LogP contribution in [0.3, 0.4) is 0 Å². The SMILES string of the molecule is Cc1ccc(C(=O)Nc2nnc(C(C)(C)C)s2)c(C2CCN(C(=O)CSC=Cc3ccccc3)CC2)n1. The lowest BCUT2D eigenvalue weighted by Crippen LogP contribution is -2.39. The molecule has 1 saturated heterocycles. The van der Waals surface area contributed by atoms with Crippen molar-refractivity contribution >= 4 is 46.1 Å². The van der Waals surface area contributed by atoms with Crippen LogP contribution in [-0.4, -0.2) is 50.7 Å². The molecule has 1 N–H and O–H groups in total. The van der Waals surface area contributed by atoms with E-state index in [1.807, 2.05) is 65.8 Å². The predicted molar refractivity (Wildman–Crippen MR) is 152 cm³/mol. The first-order valence-electron chi connectivity index (χ1n) is 12.4. The van der Waals surface area contributed by atoms with Gasteiger partial charge in [-0.1, -0.05) is 62.4 Å². The number of likely N-dealkylation sites (tertiary alicyclic amines) is 1. The minimum Gasteiger partial charge on any atom is -0.342 e. The first-order valence-corrected chi connectivity index (χ1v) is 14.3. The molecule has 0 saturated carbocycles. The molecule has 2 amide bonds. The van der Waals surface area contributed by atoms with E-state index in [9.17, 15) is 9.59 Å². The van der Waals surface area contributed by atoms with Crippen molar-refractivity contribution in [3.63, 3.8) is 0 Å². The summed E-state index contributed by atoms with van der Waals surface area (Å²) in [5.41, 5.74) is 3.22. The van der Waals surface area contributed by atoms with E-state index in [0.717, 1.165) is 34.8 Å². The molecular weight excluding hydrogens is 502 g/mol. The number of aryl methyl sites for hydroxylation is 1. The highest BCUT2D eigenvalue weighted by molar-refractivity contribution is 8.02. The van der Waals surface area contributed by atoms with Gasteiger partial charge in [-0.05, 0) is 48.9 Å². The Morgan fingerprint density at radius 3 is 2.51 bits per heavy atom. The Morgan fingerprint density at radius 2 is 1.84 bits per heavy atom. The fourth-order valence-corrected chi connectivity index (χ4v) is 5.60. The molecule has 0 spiro atoms. The third-order valence-electron chi connectivity index (χ3n) is 6.19. The quantitative estimate of drug-likeness (QED) is 0.405. The van der Waals surface area contributed by atoms with Gasteiger partial charge in [-0.25, -0.2) is 0 Å². The summed E-state index contributed by atoms with van der Waals surface area (Å²) in [6.45, 7) is 9.46. The lowest BCUT2D eigenvalue weighted by molar-refractivity contribution is -0.129. The van der Waals surface area contributed by atoms with Crippen LogP contribution in [0.4, 0.5) is 5.13 Å². The van der Waals surface area contributed by atoms with Gasteiger partial charge >= 0.3 is 0 Å². The summed E-state index contributed by atoms with van der Waals surface area (Å²) in [7, 11) is 0. The summed E-state index contributed by atoms with van der Waals surface area (Å²) >= 11 is 2.90. The number of rotatable bonds is 7. The molecule has 0 aliphatic carbocycles. The van der Waals surface area contributed by atoms with Crippen molar-refractivity contribution in [1.82, 2.24) is 20.1 Å². The standard InChI is InChI=1S/C28H33N5O2S2/c1-19-10-11-22(25(35)30-27-32-31-26(37-27)28(2,3)4)24(29-19)21-12-15-33(16-13-21)23(34)18-36-17-14-20-8-6-5-7-9-20/h5-11,14,17,21H,12-13,15-16,18H2,1-4H3,(H,30,32,35). The smallest absolute Gasteiger partial charge is 0.259 e. The number of aromatic nitrogens is 3. The highest BCUT2D eigenvalue weighted by Gasteiger charge is 2.28. The Bertz CT molecular complexity index is 1260. The maximum Gasteiger partial charge on any atom is 0.259 e. The zero-order valence-corrected chi connectivity index (χ0v) is 23.4. The number of hydrogen-bond acceptors (Lipinski definition) is 7. The van der Waals surface area contributed by atoms with Gasteiger partial charge in [0.25, 0.3) is 5.91 Å². The molecule has 0 radical (unpaired) electrons. The van der Waals surface area contributed by atoms with Gasteiger partial charge in [-0.3, -0.25) is 19.9 Å². The summed E-state index contributed by atoms with van der Waals surface area (Å²) in [6, 6.07) is 13.8. The topological polar surface area (TPSA) is 88.1 Å². The average Bonchev–Trinajstić information content (AvgIpc) is 3.36. The van der Waals surface area contributed by atoms with E-state index in [1.165, 1.54) is 23.1 Å². The summed E-state index contributed by atoms with van der Waals surface area (Å²) in [5.74, 6) is 0.458. The van der Waals surface area contributed by atoms with Crippen LogP contribution >= 0.6 is 23.1 Å². The molecule has 4 rings (SSSR count). The predicted octanol–water partition coefficient (Wildman–Crippen LogP) is 5.90. The van der Waals surface area contributed by atoms with Gasteiger partial charge < -0.3 is 4.90 Å². The van der Waals surface area contributed by atoms with Crippen molar-refractivity contribution in [2.24, 2.45) is 0 Å². The number of amides is 2. The molecule has 2 aromatic heterocycles. The zero-order valence-electron chi connectivity index (χ0n) is 21.7. The van der Waals surface area contributed by atoms with Crippen molar-refractivity contribution in [3.05, 3.63) is 75.4 Å². The Balaban J connectivity index is 1.35. The highest BCUT2D eigenvalue weighted by Crippen LogP contribution is 2.31. The number of carbonyl (C=O) groups is 2. The minimum atomic E-state index is -0.223. The van der Waals surface area contributed by atoms with Gasteiger partial charge in [0.15, 0.2) is 0 Å². The number of hydrogen-bond donors (Lipinski definition) is 1. The van der Waals surface area contributed by atoms with E-state index >= 15 is 0 Å². The van der Waals surface area contributed by atoms with E-state index < -0.39 is 0 Å². The van der Waals surface area contributed by atoms with Crippen molar-refractivity contribution < 1.29 is 9.59 Å². The van der Waals surface area contributed by atoms with Gasteiger partial charge in [0.2, 0.25) is 11.0 Å². The first kappa shape index (κ1) is 27.0. The van der Waals surface area contributed by atoms with Crippen LogP contribution in [0.2, 0.25) is 0 Å². The van der Waals surface area contributed by atoms with Gasteiger partial charge in [0, 0.05) is 30.1 Å². The molecule has 0 bridgehead atoms. The summed E-state index contributed by atoms with van der Waals surface area (Å²) < 4.78 is 0. The molecule has 7 nitrogen and oxygen atoms in total. The molecule has 9 heteroatoms. The number of anilines is 1. The third-order valence-corrected chi connectivity index (χ3v) is 8.20. The minimum absolute atomic E-state index is 0.120. The second-order valence-corrected chi connectivity index (χ2v) is 12.1. The number of carbonyl (C=O) groups excluding carboxylic acids is 2. The number of piperidine rings is 1. The molecule has 3 aromatic rings. The van der Waals surface area contributed by atoms with Crippen LogP contribution in [0.25, 0.3) is 6.08 Å². The van der Waals surface area contributed by atoms with E-state index in [2.05, 4.69) is 36.3 Å². The van der Waals surface area contributed by atoms with Gasteiger partial charge in [-0.2, -0.15) is 0 Å². The van der Waals surface area contributed by atoms with Gasteiger partial charge in [0.1, 0.15) is 5.01 Å². The Hall–Kier alpha value is -3.04. The summed E-state index contributed by atoms with van der Waals surface area (Å²) in [5, 5.41) is 14.6. The van der Waals surface area contributed by atoms with Crippen molar-refractivity contribution in [2.45, 2.75) is 51.9 Å². The van der Waals surface area contributed by atoms with Crippen molar-refractivity contribution in [1.29, 1.82) is 0 Å². The fourth-order valence-electron chi connectivity index (χ4n) is 4.13. The Labute approximate surface area is 226 Å². The summed E-state index contributed by atoms with van der Waals surface area (Å²) in [6.07, 6.45) is 3.58. The second-order valence-electron chi connectivity index (χ2n) is 10.2. The zero-order chi connectivity index (χ0) is 26.4. The molecule has 1 aliphatic heterocycles. The van der Waals surface area contributed by atoms with Crippen LogP contribution in [0.5, 0.6) is 0 Å². The van der Waals surface area contributed by atoms with E-state index in [4.69, 9.17) is 4.98 Å². The largest absolute Gasteiger partial charge is 0.342 e. The lowest BCUT2D eigenvalue weighted by Gasteiger charge is -2.32. The van der Waals surface area contributed by atoms with E-state index in [-0.39, 0.29) is 23.1 Å². The monoisotopic (exact) mass is 535 g/mol. The van der Waals surface area contributed by atoms with E-state index in [0.29, 0.717) is 29.5 Å². The lowest BCUT2D eigenvalue weighted by atomic mass is 9.90. The fraction of sp³-hybridized carbons (Fsp3) is 0.393. The van der Waals surface area contributed by atoms with Crippen LogP contribution in [0.1, 0.15) is 71.8 Å². The number of thioether (sulfide) groups is 1.